The summed E-state index contributed by atoms with van der Waals surface area (Å²) in [6.07, 6.45) is 4.40. The van der Waals surface area contributed by atoms with Gasteiger partial charge in [-0.05, 0) is 38.3 Å². The summed E-state index contributed by atoms with van der Waals surface area (Å²) in [4.78, 5) is 11.8. The molecule has 4 nitrogen and oxygen atoms in total. The smallest absolute Gasteiger partial charge is 0.315 e. The topological polar surface area (TPSA) is 53.2 Å². The Morgan fingerprint density at radius 2 is 1.74 bits per heavy atom. The third-order valence-corrected chi connectivity index (χ3v) is 3.77. The third kappa shape index (κ3) is 4.56. The monoisotopic (exact) mass is 261 g/mol. The largest absolute Gasteiger partial charge is 0.335 e. The summed E-state index contributed by atoms with van der Waals surface area (Å²) in [6.45, 7) is 0.582. The first-order chi connectivity index (χ1) is 9.28. The first kappa shape index (κ1) is 13.9. The van der Waals surface area contributed by atoms with E-state index in [1.54, 1.807) is 0 Å². The van der Waals surface area contributed by atoms with Crippen LogP contribution in [0.3, 0.4) is 0 Å². The molecule has 0 atom stereocenters. The Morgan fingerprint density at radius 1 is 1.11 bits per heavy atom. The van der Waals surface area contributed by atoms with Crippen LogP contribution in [-0.4, -0.2) is 25.2 Å². The van der Waals surface area contributed by atoms with Crippen LogP contribution < -0.4 is 16.0 Å². The van der Waals surface area contributed by atoms with Gasteiger partial charge in [0.2, 0.25) is 0 Å². The van der Waals surface area contributed by atoms with Crippen LogP contribution in [0.1, 0.15) is 31.2 Å². The van der Waals surface area contributed by atoms with Crippen molar-refractivity contribution in [3.05, 3.63) is 35.9 Å². The van der Waals surface area contributed by atoms with Crippen molar-refractivity contribution < 1.29 is 4.79 Å². The third-order valence-electron chi connectivity index (χ3n) is 3.77. The maximum Gasteiger partial charge on any atom is 0.315 e. The molecule has 0 aliphatic heterocycles. The molecule has 0 spiro atoms. The molecule has 1 fully saturated rings. The second-order valence-corrected chi connectivity index (χ2v) is 5.15. The molecule has 0 unspecified atom stereocenters. The molecule has 1 aromatic carbocycles. The summed E-state index contributed by atoms with van der Waals surface area (Å²) in [7, 11) is 2.00. The van der Waals surface area contributed by atoms with E-state index < -0.39 is 0 Å². The fraction of sp³-hybridized carbons (Fsp3) is 0.533. The minimum absolute atomic E-state index is 0.0586. The molecule has 0 bridgehead atoms. The minimum Gasteiger partial charge on any atom is -0.335 e. The van der Waals surface area contributed by atoms with Gasteiger partial charge in [-0.2, -0.15) is 0 Å². The summed E-state index contributed by atoms with van der Waals surface area (Å²) in [5, 5.41) is 9.26. The second kappa shape index (κ2) is 7.14. The number of amides is 2. The van der Waals surface area contributed by atoms with Crippen molar-refractivity contribution in [1.29, 1.82) is 0 Å². The normalized spacial score (nSPS) is 22.8. The molecule has 3 N–H and O–H groups in total. The van der Waals surface area contributed by atoms with Crippen LogP contribution in [0.2, 0.25) is 0 Å². The Morgan fingerprint density at radius 3 is 2.37 bits per heavy atom. The highest BCUT2D eigenvalue weighted by atomic mass is 16.2. The Bertz CT molecular complexity index is 386. The van der Waals surface area contributed by atoms with Gasteiger partial charge in [-0.25, -0.2) is 4.79 Å². The molecule has 1 aromatic rings. The van der Waals surface area contributed by atoms with Gasteiger partial charge in [0.1, 0.15) is 0 Å². The predicted octanol–water partition coefficient (Wildman–Crippen LogP) is 2.02. The molecule has 4 heteroatoms. The summed E-state index contributed by atoms with van der Waals surface area (Å²) in [5.41, 5.74) is 1.12. The van der Waals surface area contributed by atoms with E-state index in [2.05, 4.69) is 16.0 Å². The van der Waals surface area contributed by atoms with Crippen molar-refractivity contribution in [2.45, 2.75) is 44.3 Å². The number of carbonyl (C=O) groups is 1. The lowest BCUT2D eigenvalue weighted by Crippen LogP contribution is -2.45. The molecule has 0 radical (unpaired) electrons. The average Bonchev–Trinajstić information content (AvgIpc) is 2.47. The maximum absolute atomic E-state index is 11.8. The fourth-order valence-electron chi connectivity index (χ4n) is 2.54. The van der Waals surface area contributed by atoms with E-state index in [0.29, 0.717) is 18.6 Å². The number of hydrogen-bond acceptors (Lipinski definition) is 2. The lowest BCUT2D eigenvalue weighted by molar-refractivity contribution is 0.229. The lowest BCUT2D eigenvalue weighted by Gasteiger charge is -2.28. The van der Waals surface area contributed by atoms with Gasteiger partial charge in [-0.3, -0.25) is 0 Å². The number of carbonyl (C=O) groups excluding carboxylic acids is 1. The van der Waals surface area contributed by atoms with E-state index in [1.165, 1.54) is 0 Å². The zero-order chi connectivity index (χ0) is 13.5. The van der Waals surface area contributed by atoms with Gasteiger partial charge in [0.15, 0.2) is 0 Å². The summed E-state index contributed by atoms with van der Waals surface area (Å²) in [5.74, 6) is 0. The SMILES string of the molecule is CNC1CCC(NC(=O)NCc2ccccc2)CC1. The Kier molecular flexibility index (Phi) is 5.21. The fourth-order valence-corrected chi connectivity index (χ4v) is 2.54. The first-order valence-corrected chi connectivity index (χ1v) is 7.03. The molecule has 19 heavy (non-hydrogen) atoms. The van der Waals surface area contributed by atoms with Gasteiger partial charge >= 0.3 is 6.03 Å². The van der Waals surface area contributed by atoms with Gasteiger partial charge < -0.3 is 16.0 Å². The molecule has 0 saturated heterocycles. The molecule has 2 amide bonds. The standard InChI is InChI=1S/C15H23N3O/c1-16-13-7-9-14(10-8-13)18-15(19)17-11-12-5-3-2-4-6-12/h2-6,13-14,16H,7-11H2,1H3,(H2,17,18,19). The number of hydrogen-bond donors (Lipinski definition) is 3. The van der Waals surface area contributed by atoms with E-state index in [9.17, 15) is 4.79 Å². The van der Waals surface area contributed by atoms with Crippen LogP contribution >= 0.6 is 0 Å². The van der Waals surface area contributed by atoms with Crippen molar-refractivity contribution in [3.63, 3.8) is 0 Å². The molecule has 104 valence electrons. The van der Waals surface area contributed by atoms with Crippen LogP contribution in [-0.2, 0) is 6.54 Å². The van der Waals surface area contributed by atoms with Crippen LogP contribution in [0, 0.1) is 0 Å². The molecule has 2 rings (SSSR count). The highest BCUT2D eigenvalue weighted by molar-refractivity contribution is 5.74. The Hall–Kier alpha value is -1.55. The number of benzene rings is 1. The van der Waals surface area contributed by atoms with Crippen LogP contribution in [0.4, 0.5) is 4.79 Å². The number of urea groups is 1. The zero-order valence-corrected chi connectivity index (χ0v) is 11.5. The number of nitrogens with one attached hydrogen (secondary N) is 3. The van der Waals surface area contributed by atoms with Gasteiger partial charge in [0, 0.05) is 18.6 Å². The molecular weight excluding hydrogens is 238 g/mol. The Labute approximate surface area is 115 Å². The van der Waals surface area contributed by atoms with Crippen LogP contribution in [0.15, 0.2) is 30.3 Å². The minimum atomic E-state index is -0.0586. The van der Waals surface area contributed by atoms with Crippen molar-refractivity contribution in [2.24, 2.45) is 0 Å². The summed E-state index contributed by atoms with van der Waals surface area (Å²) < 4.78 is 0. The van der Waals surface area contributed by atoms with E-state index >= 15 is 0 Å². The zero-order valence-electron chi connectivity index (χ0n) is 11.5. The molecule has 1 aliphatic rings. The maximum atomic E-state index is 11.8. The van der Waals surface area contributed by atoms with Gasteiger partial charge in [-0.1, -0.05) is 30.3 Å². The van der Waals surface area contributed by atoms with Crippen molar-refractivity contribution in [3.8, 4) is 0 Å². The van der Waals surface area contributed by atoms with Gasteiger partial charge in [0.25, 0.3) is 0 Å². The quantitative estimate of drug-likeness (QED) is 0.776. The van der Waals surface area contributed by atoms with Crippen molar-refractivity contribution in [1.82, 2.24) is 16.0 Å². The van der Waals surface area contributed by atoms with Crippen LogP contribution in [0.5, 0.6) is 0 Å². The highest BCUT2D eigenvalue weighted by Crippen LogP contribution is 2.18. The Balaban J connectivity index is 1.67. The van der Waals surface area contributed by atoms with Crippen LogP contribution in [0.25, 0.3) is 0 Å². The molecule has 0 aromatic heterocycles. The van der Waals surface area contributed by atoms with E-state index in [1.807, 2.05) is 37.4 Å². The van der Waals surface area contributed by atoms with Crippen molar-refractivity contribution in [2.75, 3.05) is 7.05 Å². The van der Waals surface area contributed by atoms with Gasteiger partial charge in [0.05, 0.1) is 0 Å². The highest BCUT2D eigenvalue weighted by Gasteiger charge is 2.20. The average molecular weight is 261 g/mol. The molecule has 1 saturated carbocycles. The van der Waals surface area contributed by atoms with E-state index in [-0.39, 0.29) is 6.03 Å². The number of rotatable bonds is 4. The van der Waals surface area contributed by atoms with E-state index in [4.69, 9.17) is 0 Å². The second-order valence-electron chi connectivity index (χ2n) is 5.15. The van der Waals surface area contributed by atoms with E-state index in [0.717, 1.165) is 31.2 Å². The molecule has 1 aliphatic carbocycles. The first-order valence-electron chi connectivity index (χ1n) is 7.03. The molecule has 0 heterocycles. The lowest BCUT2D eigenvalue weighted by atomic mass is 9.91. The predicted molar refractivity (Wildman–Crippen MR) is 76.9 cm³/mol. The van der Waals surface area contributed by atoms with Crippen molar-refractivity contribution >= 4 is 6.03 Å². The van der Waals surface area contributed by atoms with Gasteiger partial charge in [-0.15, -0.1) is 0 Å². The summed E-state index contributed by atoms with van der Waals surface area (Å²) in [6, 6.07) is 10.8. The summed E-state index contributed by atoms with van der Waals surface area (Å²) >= 11 is 0. The molecular formula is C15H23N3O.